The summed E-state index contributed by atoms with van der Waals surface area (Å²) >= 11 is 4.35. The summed E-state index contributed by atoms with van der Waals surface area (Å²) in [4.78, 5) is 30.6. The normalized spacial score (nSPS) is 24.2. The number of thiol groups is 1. The van der Waals surface area contributed by atoms with Crippen LogP contribution in [-0.2, 0) is 13.8 Å². The van der Waals surface area contributed by atoms with E-state index in [1.165, 1.54) is 10.9 Å². The summed E-state index contributed by atoms with van der Waals surface area (Å²) in [5, 5.41) is 24.1. The first-order valence-electron chi connectivity index (χ1n) is 9.80. The van der Waals surface area contributed by atoms with Crippen LogP contribution in [-0.4, -0.2) is 77.5 Å². The number of rotatable bonds is 11. The smallest absolute Gasteiger partial charge is 0.387 e. The van der Waals surface area contributed by atoms with Crippen LogP contribution >= 0.6 is 20.5 Å². The summed E-state index contributed by atoms with van der Waals surface area (Å²) in [6.07, 6.45) is 0.245. The number of ether oxygens (including phenoxy) is 1. The summed E-state index contributed by atoms with van der Waals surface area (Å²) in [6, 6.07) is 0. The molecule has 1 saturated heterocycles. The molecule has 2 unspecified atom stereocenters. The summed E-state index contributed by atoms with van der Waals surface area (Å²) in [5.41, 5.74) is 6.17. The Hall–Kier alpha value is -1.35. The fourth-order valence-corrected chi connectivity index (χ4v) is 3.85. The van der Waals surface area contributed by atoms with Gasteiger partial charge in [-0.3, -0.25) is 9.09 Å². The zero-order valence-electron chi connectivity index (χ0n) is 16.6. The molecule has 0 aromatic carbocycles. The van der Waals surface area contributed by atoms with Gasteiger partial charge in [0.05, 0.1) is 12.9 Å². The number of phosphoric ester groups is 1. The molecule has 0 radical (unpaired) electrons. The van der Waals surface area contributed by atoms with Gasteiger partial charge in [0.25, 0.3) is 0 Å². The molecule has 0 spiro atoms. The lowest BCUT2D eigenvalue weighted by molar-refractivity contribution is -0.0503. The number of phosphoric acid groups is 1. The Bertz CT molecular complexity index is 927. The molecule has 31 heavy (non-hydrogen) atoms. The number of anilines is 1. The number of nitrogens with two attached hydrogens (primary N) is 1. The van der Waals surface area contributed by atoms with Crippen LogP contribution < -0.4 is 11.1 Å². The topological polar surface area (TPSA) is 198 Å². The number of unbranched alkanes of at least 4 members (excludes halogenated alkanes) is 3. The van der Waals surface area contributed by atoms with Crippen molar-refractivity contribution < 1.29 is 33.8 Å². The highest BCUT2D eigenvalue weighted by molar-refractivity contribution is 7.80. The van der Waals surface area contributed by atoms with E-state index in [2.05, 4.69) is 37.4 Å². The van der Waals surface area contributed by atoms with Crippen molar-refractivity contribution in [3.8, 4) is 0 Å². The average Bonchev–Trinajstić information content (AvgIpc) is 3.24. The van der Waals surface area contributed by atoms with Gasteiger partial charge in [-0.05, 0) is 19.4 Å². The fraction of sp³-hybridized carbons (Fsp3) is 0.688. The zero-order chi connectivity index (χ0) is 22.6. The summed E-state index contributed by atoms with van der Waals surface area (Å²) in [7, 11) is -4.75. The Morgan fingerprint density at radius 3 is 2.68 bits per heavy atom. The van der Waals surface area contributed by atoms with Gasteiger partial charge in [0.1, 0.15) is 28.9 Å². The van der Waals surface area contributed by atoms with Gasteiger partial charge in [0.15, 0.2) is 11.9 Å². The highest BCUT2D eigenvalue weighted by Crippen LogP contribution is 2.39. The van der Waals surface area contributed by atoms with Gasteiger partial charge in [0.2, 0.25) is 5.95 Å². The number of aliphatic hydroxyl groups excluding tert-OH is 2. The maximum absolute atomic E-state index is 10.9. The monoisotopic (exact) mass is 478 g/mol. The predicted molar refractivity (Wildman–Crippen MR) is 113 cm³/mol. The van der Waals surface area contributed by atoms with Crippen molar-refractivity contribution in [1.82, 2.24) is 19.5 Å². The average molecular weight is 478 g/mol. The Balaban J connectivity index is 1.73. The standard InChI is InChI=1S/C16H27N6O7PS/c17-5-3-1-2-4-6-18-16-20-13-10(14(31)21-16)19-8-22(13)15-12(24)11(23)9(29-15)7-28-30(25,26)27/h8-9,11-12,15,23-24H,1-7,17H2,(H2,25,26,27)(H2,18,20,21,31)/t9-,11?,12?,15-/m1/s1. The van der Waals surface area contributed by atoms with E-state index in [1.807, 2.05) is 0 Å². The molecule has 3 heterocycles. The molecular weight excluding hydrogens is 451 g/mol. The Labute approximate surface area is 183 Å². The highest BCUT2D eigenvalue weighted by atomic mass is 32.1. The van der Waals surface area contributed by atoms with Gasteiger partial charge in [0, 0.05) is 6.54 Å². The summed E-state index contributed by atoms with van der Waals surface area (Å²) < 4.78 is 22.3. The maximum Gasteiger partial charge on any atom is 0.469 e. The third-order valence-corrected chi connectivity index (χ3v) is 5.63. The molecule has 1 fully saturated rings. The highest BCUT2D eigenvalue weighted by Gasteiger charge is 2.45. The van der Waals surface area contributed by atoms with Crippen molar-refractivity contribution in [1.29, 1.82) is 0 Å². The number of nitrogens with zero attached hydrogens (tertiary/aromatic N) is 4. The van der Waals surface area contributed by atoms with E-state index in [0.29, 0.717) is 35.2 Å². The Morgan fingerprint density at radius 2 is 1.97 bits per heavy atom. The van der Waals surface area contributed by atoms with Crippen LogP contribution in [0.3, 0.4) is 0 Å². The van der Waals surface area contributed by atoms with E-state index < -0.39 is 39.0 Å². The second-order valence-corrected chi connectivity index (χ2v) is 8.82. The van der Waals surface area contributed by atoms with Crippen LogP contribution in [0, 0.1) is 0 Å². The van der Waals surface area contributed by atoms with Crippen molar-refractivity contribution in [2.45, 2.75) is 55.2 Å². The van der Waals surface area contributed by atoms with E-state index in [9.17, 15) is 14.8 Å². The molecule has 0 bridgehead atoms. The molecule has 3 rings (SSSR count). The van der Waals surface area contributed by atoms with Crippen LogP contribution in [0.4, 0.5) is 5.95 Å². The molecule has 1 aliphatic heterocycles. The molecule has 0 amide bonds. The van der Waals surface area contributed by atoms with Crippen molar-refractivity contribution in [2.75, 3.05) is 25.0 Å². The minimum atomic E-state index is -4.75. The number of nitrogens with one attached hydrogen (secondary N) is 1. The molecule has 0 saturated carbocycles. The van der Waals surface area contributed by atoms with Gasteiger partial charge < -0.3 is 35.8 Å². The van der Waals surface area contributed by atoms with E-state index in [0.717, 1.165) is 25.7 Å². The van der Waals surface area contributed by atoms with Gasteiger partial charge in [-0.15, -0.1) is 12.6 Å². The van der Waals surface area contributed by atoms with Crippen LogP contribution in [0.1, 0.15) is 31.9 Å². The molecule has 4 atom stereocenters. The zero-order valence-corrected chi connectivity index (χ0v) is 18.4. The van der Waals surface area contributed by atoms with Gasteiger partial charge in [-0.25, -0.2) is 14.5 Å². The van der Waals surface area contributed by atoms with Crippen molar-refractivity contribution in [2.24, 2.45) is 5.73 Å². The molecule has 174 valence electrons. The van der Waals surface area contributed by atoms with Crippen LogP contribution in [0.25, 0.3) is 11.2 Å². The van der Waals surface area contributed by atoms with E-state index in [1.54, 1.807) is 0 Å². The summed E-state index contributed by atoms with van der Waals surface area (Å²) in [5.74, 6) is 0.326. The van der Waals surface area contributed by atoms with Crippen LogP contribution in [0.2, 0.25) is 0 Å². The Kier molecular flexibility index (Phi) is 8.24. The van der Waals surface area contributed by atoms with Crippen molar-refractivity contribution in [3.05, 3.63) is 6.33 Å². The number of aliphatic hydroxyl groups is 2. The number of fused-ring (bicyclic) bond motifs is 1. The number of hydrogen-bond acceptors (Lipinski definition) is 11. The van der Waals surface area contributed by atoms with Crippen molar-refractivity contribution >= 4 is 37.6 Å². The molecule has 2 aromatic rings. The van der Waals surface area contributed by atoms with Gasteiger partial charge in [-0.2, -0.15) is 4.98 Å². The molecule has 1 aliphatic rings. The summed E-state index contributed by atoms with van der Waals surface area (Å²) in [6.45, 7) is 0.728. The molecular formula is C16H27N6O7PS. The minimum absolute atomic E-state index is 0.318. The molecule has 7 N–H and O–H groups in total. The van der Waals surface area contributed by atoms with Crippen LogP contribution in [0.5, 0.6) is 0 Å². The SMILES string of the molecule is NCCCCCCNc1nc(S)c2ncn([C@@H]3O[C@H](COP(=O)(O)O)C(O)C3O)c2n1. The second-order valence-electron chi connectivity index (χ2n) is 7.16. The Morgan fingerprint density at radius 1 is 1.23 bits per heavy atom. The van der Waals surface area contributed by atoms with E-state index >= 15 is 0 Å². The second kappa shape index (κ2) is 10.5. The minimum Gasteiger partial charge on any atom is -0.387 e. The lowest BCUT2D eigenvalue weighted by atomic mass is 10.1. The van der Waals surface area contributed by atoms with Crippen molar-refractivity contribution in [3.63, 3.8) is 0 Å². The number of aromatic nitrogens is 4. The lowest BCUT2D eigenvalue weighted by Gasteiger charge is -2.17. The van der Waals surface area contributed by atoms with Gasteiger partial charge in [-0.1, -0.05) is 12.8 Å². The fourth-order valence-electron chi connectivity index (χ4n) is 3.26. The van der Waals surface area contributed by atoms with E-state index in [-0.39, 0.29) is 0 Å². The largest absolute Gasteiger partial charge is 0.469 e. The van der Waals surface area contributed by atoms with Crippen LogP contribution in [0.15, 0.2) is 11.4 Å². The number of imidazole rings is 1. The molecule has 0 aliphatic carbocycles. The molecule has 15 heteroatoms. The quantitative estimate of drug-likeness (QED) is 0.0971. The predicted octanol–water partition coefficient (Wildman–Crippen LogP) is -0.226. The van der Waals surface area contributed by atoms with E-state index in [4.69, 9.17) is 20.3 Å². The molecule has 13 nitrogen and oxygen atoms in total. The lowest BCUT2D eigenvalue weighted by Crippen LogP contribution is -2.33. The van der Waals surface area contributed by atoms with Gasteiger partial charge >= 0.3 is 7.82 Å². The first-order valence-corrected chi connectivity index (χ1v) is 11.8. The first kappa shape index (κ1) is 24.3. The third kappa shape index (κ3) is 6.12. The maximum atomic E-state index is 10.9. The molecule has 2 aromatic heterocycles. The third-order valence-electron chi connectivity index (χ3n) is 4.84. The number of hydrogen-bond donors (Lipinski definition) is 7. The first-order chi connectivity index (χ1) is 14.7.